The van der Waals surface area contributed by atoms with Crippen molar-refractivity contribution in [2.45, 2.75) is 20.0 Å². The third kappa shape index (κ3) is 4.55. The van der Waals surface area contributed by atoms with E-state index in [4.69, 9.17) is 16.3 Å². The monoisotopic (exact) mass is 423 g/mol. The summed E-state index contributed by atoms with van der Waals surface area (Å²) in [6.07, 6.45) is -1.23. The third-order valence-corrected chi connectivity index (χ3v) is 5.07. The molecule has 0 aliphatic rings. The molecule has 0 heterocycles. The van der Waals surface area contributed by atoms with Crippen LogP contribution in [0.4, 0.5) is 5.69 Å². The lowest BCUT2D eigenvalue weighted by atomic mass is 9.97. The summed E-state index contributed by atoms with van der Waals surface area (Å²) >= 11 is 6.05. The van der Waals surface area contributed by atoms with Gasteiger partial charge in [0.15, 0.2) is 6.10 Å². The summed E-state index contributed by atoms with van der Waals surface area (Å²) in [6, 6.07) is 17.3. The number of nitro benzene ring substituents is 1. The number of ketones is 1. The molecular formula is C23H18ClNO5. The van der Waals surface area contributed by atoms with Gasteiger partial charge >= 0.3 is 5.97 Å². The lowest BCUT2D eigenvalue weighted by Gasteiger charge is -2.18. The topological polar surface area (TPSA) is 86.5 Å². The van der Waals surface area contributed by atoms with Crippen molar-refractivity contribution < 1.29 is 19.2 Å². The average molecular weight is 424 g/mol. The van der Waals surface area contributed by atoms with Gasteiger partial charge in [-0.15, -0.1) is 0 Å². The van der Waals surface area contributed by atoms with Crippen molar-refractivity contribution in [3.8, 4) is 0 Å². The molecule has 152 valence electrons. The van der Waals surface area contributed by atoms with Crippen LogP contribution in [0.15, 0.2) is 66.7 Å². The number of Topliss-reactive ketones (excluding diaryl/α,β-unsaturated/α-hetero) is 1. The molecule has 1 atom stereocenters. The molecule has 0 fully saturated rings. The van der Waals surface area contributed by atoms with E-state index in [2.05, 4.69) is 0 Å². The largest absolute Gasteiger partial charge is 0.445 e. The molecule has 0 radical (unpaired) electrons. The lowest BCUT2D eigenvalue weighted by Crippen LogP contribution is -2.21. The summed E-state index contributed by atoms with van der Waals surface area (Å²) in [4.78, 5) is 36.4. The second-order valence-electron chi connectivity index (χ2n) is 6.78. The summed E-state index contributed by atoms with van der Waals surface area (Å²) in [6.45, 7) is 3.82. The van der Waals surface area contributed by atoms with E-state index in [1.165, 1.54) is 12.1 Å². The quantitative estimate of drug-likeness (QED) is 0.221. The number of aryl methyl sites for hydroxylation is 2. The number of nitrogens with zero attached hydrogens (tertiary/aromatic N) is 1. The van der Waals surface area contributed by atoms with Crippen LogP contribution in [0.1, 0.15) is 43.5 Å². The Morgan fingerprint density at radius 1 is 0.967 bits per heavy atom. The maximum absolute atomic E-state index is 13.2. The van der Waals surface area contributed by atoms with Gasteiger partial charge < -0.3 is 4.74 Å². The first-order valence-corrected chi connectivity index (χ1v) is 9.47. The predicted molar refractivity (Wildman–Crippen MR) is 113 cm³/mol. The van der Waals surface area contributed by atoms with Gasteiger partial charge in [0.2, 0.25) is 5.78 Å². The van der Waals surface area contributed by atoms with Crippen LogP contribution in [-0.4, -0.2) is 16.7 Å². The van der Waals surface area contributed by atoms with Crippen molar-refractivity contribution in [3.05, 3.63) is 110 Å². The van der Waals surface area contributed by atoms with E-state index >= 15 is 0 Å². The van der Waals surface area contributed by atoms with E-state index in [1.54, 1.807) is 42.5 Å². The van der Waals surface area contributed by atoms with E-state index < -0.39 is 22.8 Å². The Morgan fingerprint density at radius 3 is 2.30 bits per heavy atom. The second-order valence-corrected chi connectivity index (χ2v) is 7.19. The number of carbonyl (C=O) groups excluding carboxylic acids is 2. The van der Waals surface area contributed by atoms with Crippen molar-refractivity contribution in [1.82, 2.24) is 0 Å². The fourth-order valence-corrected chi connectivity index (χ4v) is 3.10. The Balaban J connectivity index is 1.99. The van der Waals surface area contributed by atoms with Crippen LogP contribution in [-0.2, 0) is 4.74 Å². The summed E-state index contributed by atoms with van der Waals surface area (Å²) in [5.41, 5.74) is 2.35. The fourth-order valence-electron chi connectivity index (χ4n) is 2.90. The van der Waals surface area contributed by atoms with Crippen LogP contribution in [0.25, 0.3) is 0 Å². The van der Waals surface area contributed by atoms with Crippen molar-refractivity contribution in [3.63, 3.8) is 0 Å². The van der Waals surface area contributed by atoms with E-state index in [0.29, 0.717) is 11.1 Å². The van der Waals surface area contributed by atoms with Gasteiger partial charge in [-0.3, -0.25) is 14.9 Å². The van der Waals surface area contributed by atoms with Crippen molar-refractivity contribution in [2.75, 3.05) is 0 Å². The molecular weight excluding hydrogens is 406 g/mol. The van der Waals surface area contributed by atoms with Crippen LogP contribution < -0.4 is 0 Å². The van der Waals surface area contributed by atoms with Gasteiger partial charge in [-0.1, -0.05) is 54.1 Å². The summed E-state index contributed by atoms with van der Waals surface area (Å²) < 4.78 is 5.53. The molecule has 30 heavy (non-hydrogen) atoms. The first-order valence-electron chi connectivity index (χ1n) is 9.09. The number of carbonyl (C=O) groups is 2. The zero-order chi connectivity index (χ0) is 21.8. The zero-order valence-corrected chi connectivity index (χ0v) is 17.1. The number of benzene rings is 3. The standard InChI is InChI=1S/C23H18ClNO5/c1-14-8-9-17(12-15(14)2)21(26)22(16-6-4-3-5-7-16)30-23(27)19-13-18(25(28)29)10-11-20(19)24/h3-13,22H,1-2H3. The Morgan fingerprint density at radius 2 is 1.67 bits per heavy atom. The lowest BCUT2D eigenvalue weighted by molar-refractivity contribution is -0.384. The highest BCUT2D eigenvalue weighted by Gasteiger charge is 2.28. The number of hydrogen-bond donors (Lipinski definition) is 0. The van der Waals surface area contributed by atoms with Crippen LogP contribution >= 0.6 is 11.6 Å². The Bertz CT molecular complexity index is 1130. The van der Waals surface area contributed by atoms with Crippen LogP contribution in [0, 0.1) is 24.0 Å². The second kappa shape index (κ2) is 8.88. The van der Waals surface area contributed by atoms with Crippen molar-refractivity contribution in [2.24, 2.45) is 0 Å². The maximum Gasteiger partial charge on any atom is 0.340 e. The predicted octanol–water partition coefficient (Wildman–Crippen LogP) is 5.65. The van der Waals surface area contributed by atoms with Gasteiger partial charge in [0.1, 0.15) is 0 Å². The molecule has 0 aliphatic heterocycles. The number of non-ortho nitro benzene ring substituents is 1. The number of nitro groups is 1. The molecule has 0 bridgehead atoms. The smallest absolute Gasteiger partial charge is 0.340 e. The first kappa shape index (κ1) is 21.2. The molecule has 0 saturated carbocycles. The Hall–Kier alpha value is -3.51. The molecule has 0 saturated heterocycles. The fraction of sp³-hybridized carbons (Fsp3) is 0.130. The summed E-state index contributed by atoms with van der Waals surface area (Å²) in [7, 11) is 0. The molecule has 7 heteroatoms. The van der Waals surface area contributed by atoms with Gasteiger partial charge in [-0.05, 0) is 37.1 Å². The molecule has 0 N–H and O–H groups in total. The highest BCUT2D eigenvalue weighted by Crippen LogP contribution is 2.28. The number of hydrogen-bond acceptors (Lipinski definition) is 5. The highest BCUT2D eigenvalue weighted by atomic mass is 35.5. The molecule has 0 amide bonds. The number of ether oxygens (including phenoxy) is 1. The third-order valence-electron chi connectivity index (χ3n) is 4.74. The minimum Gasteiger partial charge on any atom is -0.445 e. The number of halogens is 1. The van der Waals surface area contributed by atoms with Gasteiger partial charge in [0.05, 0.1) is 15.5 Å². The van der Waals surface area contributed by atoms with E-state index in [0.717, 1.165) is 17.2 Å². The molecule has 1 unspecified atom stereocenters. The van der Waals surface area contributed by atoms with Crippen molar-refractivity contribution >= 4 is 29.0 Å². The van der Waals surface area contributed by atoms with Gasteiger partial charge in [-0.2, -0.15) is 0 Å². The van der Waals surface area contributed by atoms with E-state index in [9.17, 15) is 19.7 Å². The molecule has 0 aromatic heterocycles. The first-order chi connectivity index (χ1) is 14.3. The SMILES string of the molecule is Cc1ccc(C(=O)C(OC(=O)c2cc([N+](=O)[O-])ccc2Cl)c2ccccc2)cc1C. The Labute approximate surface area is 178 Å². The highest BCUT2D eigenvalue weighted by molar-refractivity contribution is 6.33. The minimum absolute atomic E-state index is 0.00367. The summed E-state index contributed by atoms with van der Waals surface area (Å²) in [5.74, 6) is -1.33. The maximum atomic E-state index is 13.2. The van der Waals surface area contributed by atoms with Gasteiger partial charge in [-0.25, -0.2) is 4.79 Å². The molecule has 0 aliphatic carbocycles. The van der Waals surface area contributed by atoms with Crippen LogP contribution in [0.2, 0.25) is 5.02 Å². The van der Waals surface area contributed by atoms with Crippen LogP contribution in [0.5, 0.6) is 0 Å². The molecule has 3 rings (SSSR count). The average Bonchev–Trinajstić information content (AvgIpc) is 2.74. The van der Waals surface area contributed by atoms with Crippen LogP contribution in [0.3, 0.4) is 0 Å². The summed E-state index contributed by atoms with van der Waals surface area (Å²) in [5, 5.41) is 11.0. The Kier molecular flexibility index (Phi) is 6.28. The normalized spacial score (nSPS) is 11.6. The van der Waals surface area contributed by atoms with Gasteiger partial charge in [0.25, 0.3) is 5.69 Å². The van der Waals surface area contributed by atoms with Crippen molar-refractivity contribution in [1.29, 1.82) is 0 Å². The molecule has 3 aromatic rings. The van der Waals surface area contributed by atoms with E-state index in [1.807, 2.05) is 19.9 Å². The van der Waals surface area contributed by atoms with Gasteiger partial charge in [0, 0.05) is 23.3 Å². The molecule has 0 spiro atoms. The molecule has 3 aromatic carbocycles. The number of esters is 1. The minimum atomic E-state index is -1.23. The molecule has 6 nitrogen and oxygen atoms in total. The zero-order valence-electron chi connectivity index (χ0n) is 16.3. The van der Waals surface area contributed by atoms with E-state index in [-0.39, 0.29) is 16.3 Å². The number of rotatable bonds is 6.